The highest BCUT2D eigenvalue weighted by atomic mass is 16.2. The Morgan fingerprint density at radius 3 is 2.00 bits per heavy atom. The smallest absolute Gasteiger partial charge is 0.253 e. The molecule has 1 atom stereocenters. The molecule has 0 spiro atoms. The summed E-state index contributed by atoms with van der Waals surface area (Å²) in [6.45, 7) is 9.10. The Balaban J connectivity index is 1.88. The standard InChI is InChI=1S/C19H27N3O3/c1-14(20-18(25)19(2,3)4)16(23)21-10-12-22(13-11-21)17(24)15-8-6-5-7-9-15/h5-9,14H,10-13H2,1-4H3,(H,20,25). The van der Waals surface area contributed by atoms with Crippen LogP contribution in [-0.2, 0) is 9.59 Å². The summed E-state index contributed by atoms with van der Waals surface area (Å²) < 4.78 is 0. The summed E-state index contributed by atoms with van der Waals surface area (Å²) >= 11 is 0. The lowest BCUT2D eigenvalue weighted by molar-refractivity contribution is -0.139. The number of benzene rings is 1. The van der Waals surface area contributed by atoms with Gasteiger partial charge >= 0.3 is 0 Å². The van der Waals surface area contributed by atoms with Crippen LogP contribution in [0.5, 0.6) is 0 Å². The minimum absolute atomic E-state index is 0.0122. The highest BCUT2D eigenvalue weighted by Gasteiger charge is 2.30. The second kappa shape index (κ2) is 7.68. The maximum Gasteiger partial charge on any atom is 0.253 e. The van der Waals surface area contributed by atoms with E-state index in [4.69, 9.17) is 0 Å². The second-order valence-electron chi connectivity index (χ2n) is 7.43. The molecule has 1 aromatic rings. The van der Waals surface area contributed by atoms with Crippen molar-refractivity contribution in [2.45, 2.75) is 33.7 Å². The van der Waals surface area contributed by atoms with E-state index in [0.717, 1.165) is 0 Å². The van der Waals surface area contributed by atoms with Crippen molar-refractivity contribution < 1.29 is 14.4 Å². The van der Waals surface area contributed by atoms with Gasteiger partial charge in [0, 0.05) is 37.2 Å². The molecule has 1 aliphatic rings. The van der Waals surface area contributed by atoms with E-state index >= 15 is 0 Å². The molecule has 0 aliphatic carbocycles. The maximum atomic E-state index is 12.5. The highest BCUT2D eigenvalue weighted by molar-refractivity contribution is 5.94. The third-order valence-electron chi connectivity index (χ3n) is 4.30. The molecule has 25 heavy (non-hydrogen) atoms. The van der Waals surface area contributed by atoms with Crippen LogP contribution in [0.4, 0.5) is 0 Å². The van der Waals surface area contributed by atoms with Gasteiger partial charge in [-0.1, -0.05) is 39.0 Å². The zero-order valence-electron chi connectivity index (χ0n) is 15.4. The molecule has 0 bridgehead atoms. The number of piperazine rings is 1. The van der Waals surface area contributed by atoms with Crippen LogP contribution in [-0.4, -0.2) is 59.7 Å². The van der Waals surface area contributed by atoms with Gasteiger partial charge in [0.2, 0.25) is 11.8 Å². The summed E-state index contributed by atoms with van der Waals surface area (Å²) in [7, 11) is 0. The first-order chi connectivity index (χ1) is 11.7. The first kappa shape index (κ1) is 19.0. The molecule has 136 valence electrons. The van der Waals surface area contributed by atoms with Gasteiger partial charge in [-0.2, -0.15) is 0 Å². The first-order valence-corrected chi connectivity index (χ1v) is 8.64. The molecule has 3 amide bonds. The summed E-state index contributed by atoms with van der Waals surface area (Å²) in [6, 6.07) is 8.58. The van der Waals surface area contributed by atoms with Crippen LogP contribution in [0.3, 0.4) is 0 Å². The van der Waals surface area contributed by atoms with Crippen LogP contribution in [0.25, 0.3) is 0 Å². The fraction of sp³-hybridized carbons (Fsp3) is 0.526. The Kier molecular flexibility index (Phi) is 5.82. The topological polar surface area (TPSA) is 69.7 Å². The molecular formula is C19H27N3O3. The molecule has 1 heterocycles. The molecule has 1 aromatic carbocycles. The normalized spacial score (nSPS) is 16.3. The third kappa shape index (κ3) is 4.81. The number of carbonyl (C=O) groups excluding carboxylic acids is 3. The molecule has 1 N–H and O–H groups in total. The van der Waals surface area contributed by atoms with E-state index in [9.17, 15) is 14.4 Å². The molecule has 1 fully saturated rings. The van der Waals surface area contributed by atoms with Crippen LogP contribution in [0.15, 0.2) is 30.3 Å². The minimum Gasteiger partial charge on any atom is -0.344 e. The van der Waals surface area contributed by atoms with Crippen molar-refractivity contribution in [1.29, 1.82) is 0 Å². The lowest BCUT2D eigenvalue weighted by Crippen LogP contribution is -2.56. The van der Waals surface area contributed by atoms with Gasteiger partial charge in [0.05, 0.1) is 0 Å². The number of hydrogen-bond acceptors (Lipinski definition) is 3. The monoisotopic (exact) mass is 345 g/mol. The summed E-state index contributed by atoms with van der Waals surface area (Å²) in [5.74, 6) is -0.266. The lowest BCUT2D eigenvalue weighted by atomic mass is 9.95. The molecule has 6 heteroatoms. The van der Waals surface area contributed by atoms with Crippen LogP contribution >= 0.6 is 0 Å². The quantitative estimate of drug-likeness (QED) is 0.903. The first-order valence-electron chi connectivity index (χ1n) is 8.64. The van der Waals surface area contributed by atoms with Gasteiger partial charge in [-0.05, 0) is 19.1 Å². The molecule has 0 aromatic heterocycles. The van der Waals surface area contributed by atoms with Crippen LogP contribution in [0.1, 0.15) is 38.1 Å². The Morgan fingerprint density at radius 2 is 1.48 bits per heavy atom. The summed E-state index contributed by atoms with van der Waals surface area (Å²) in [4.78, 5) is 40.4. The summed E-state index contributed by atoms with van der Waals surface area (Å²) in [6.07, 6.45) is 0. The van der Waals surface area contributed by atoms with Crippen molar-refractivity contribution in [2.24, 2.45) is 5.41 Å². The van der Waals surface area contributed by atoms with Gasteiger partial charge in [0.1, 0.15) is 6.04 Å². The molecule has 6 nitrogen and oxygen atoms in total. The van der Waals surface area contributed by atoms with E-state index in [0.29, 0.717) is 31.7 Å². The van der Waals surface area contributed by atoms with E-state index in [-0.39, 0.29) is 17.7 Å². The Labute approximate surface area is 149 Å². The zero-order valence-corrected chi connectivity index (χ0v) is 15.4. The highest BCUT2D eigenvalue weighted by Crippen LogP contribution is 2.14. The van der Waals surface area contributed by atoms with Crippen molar-refractivity contribution in [3.63, 3.8) is 0 Å². The second-order valence-corrected chi connectivity index (χ2v) is 7.43. The largest absolute Gasteiger partial charge is 0.344 e. The van der Waals surface area contributed by atoms with Gasteiger partial charge in [0.25, 0.3) is 5.91 Å². The zero-order chi connectivity index (χ0) is 18.6. The predicted octanol–water partition coefficient (Wildman–Crippen LogP) is 1.52. The Hall–Kier alpha value is -2.37. The van der Waals surface area contributed by atoms with Crippen molar-refractivity contribution in [1.82, 2.24) is 15.1 Å². The van der Waals surface area contributed by atoms with E-state index < -0.39 is 11.5 Å². The Bertz CT molecular complexity index is 629. The molecule has 0 radical (unpaired) electrons. The number of rotatable bonds is 3. The number of nitrogens with one attached hydrogen (secondary N) is 1. The van der Waals surface area contributed by atoms with Crippen LogP contribution in [0, 0.1) is 5.41 Å². The Morgan fingerprint density at radius 1 is 0.960 bits per heavy atom. The van der Waals surface area contributed by atoms with E-state index in [1.807, 2.05) is 39.0 Å². The molecular weight excluding hydrogens is 318 g/mol. The van der Waals surface area contributed by atoms with E-state index in [1.165, 1.54) is 0 Å². The van der Waals surface area contributed by atoms with Gasteiger partial charge in [-0.3, -0.25) is 14.4 Å². The minimum atomic E-state index is -0.567. The lowest BCUT2D eigenvalue weighted by Gasteiger charge is -2.36. The van der Waals surface area contributed by atoms with Gasteiger partial charge in [0.15, 0.2) is 0 Å². The molecule has 0 saturated carbocycles. The molecule has 1 saturated heterocycles. The van der Waals surface area contributed by atoms with Crippen molar-refractivity contribution in [3.05, 3.63) is 35.9 Å². The van der Waals surface area contributed by atoms with Crippen molar-refractivity contribution >= 4 is 17.7 Å². The maximum absolute atomic E-state index is 12.5. The number of amides is 3. The fourth-order valence-electron chi connectivity index (χ4n) is 2.64. The summed E-state index contributed by atoms with van der Waals surface area (Å²) in [5, 5.41) is 2.77. The molecule has 1 unspecified atom stereocenters. The van der Waals surface area contributed by atoms with Crippen LogP contribution < -0.4 is 5.32 Å². The average molecular weight is 345 g/mol. The predicted molar refractivity (Wildman–Crippen MR) is 96.0 cm³/mol. The van der Waals surface area contributed by atoms with E-state index in [2.05, 4.69) is 5.32 Å². The summed E-state index contributed by atoms with van der Waals surface area (Å²) in [5.41, 5.74) is 0.128. The van der Waals surface area contributed by atoms with Gasteiger partial charge < -0.3 is 15.1 Å². The number of carbonyl (C=O) groups is 3. The van der Waals surface area contributed by atoms with Crippen molar-refractivity contribution in [3.8, 4) is 0 Å². The van der Waals surface area contributed by atoms with Gasteiger partial charge in [-0.15, -0.1) is 0 Å². The van der Waals surface area contributed by atoms with Crippen molar-refractivity contribution in [2.75, 3.05) is 26.2 Å². The van der Waals surface area contributed by atoms with Gasteiger partial charge in [-0.25, -0.2) is 0 Å². The number of hydrogen-bond donors (Lipinski definition) is 1. The molecule has 2 rings (SSSR count). The van der Waals surface area contributed by atoms with Crippen LogP contribution in [0.2, 0.25) is 0 Å². The third-order valence-corrected chi connectivity index (χ3v) is 4.30. The molecule has 1 aliphatic heterocycles. The SMILES string of the molecule is CC(NC(=O)C(C)(C)C)C(=O)N1CCN(C(=O)c2ccccc2)CC1. The fourth-order valence-corrected chi connectivity index (χ4v) is 2.64. The average Bonchev–Trinajstić information content (AvgIpc) is 2.60. The number of nitrogens with zero attached hydrogens (tertiary/aromatic N) is 2. The van der Waals surface area contributed by atoms with E-state index in [1.54, 1.807) is 28.9 Å².